The van der Waals surface area contributed by atoms with Crippen molar-refractivity contribution in [2.75, 3.05) is 7.05 Å². The SMILES string of the molecule is CC#CCC(NC)c1cc2c(s1)CCC2. The van der Waals surface area contributed by atoms with Gasteiger partial charge in [-0.1, -0.05) is 0 Å². The summed E-state index contributed by atoms with van der Waals surface area (Å²) in [5, 5.41) is 3.35. The van der Waals surface area contributed by atoms with E-state index in [9.17, 15) is 0 Å². The van der Waals surface area contributed by atoms with Crippen LogP contribution in [0.3, 0.4) is 0 Å². The Morgan fingerprint density at radius 3 is 3.07 bits per heavy atom. The first-order valence-electron chi connectivity index (χ1n) is 5.53. The zero-order chi connectivity index (χ0) is 10.7. The van der Waals surface area contributed by atoms with Gasteiger partial charge in [-0.25, -0.2) is 0 Å². The van der Waals surface area contributed by atoms with E-state index in [2.05, 4.69) is 23.2 Å². The van der Waals surface area contributed by atoms with Gasteiger partial charge in [-0.3, -0.25) is 0 Å². The Bertz CT molecular complexity index is 373. The van der Waals surface area contributed by atoms with Gasteiger partial charge >= 0.3 is 0 Å². The molecule has 1 aromatic rings. The van der Waals surface area contributed by atoms with Gasteiger partial charge in [0.25, 0.3) is 0 Å². The largest absolute Gasteiger partial charge is 0.312 e. The molecule has 1 aliphatic rings. The Labute approximate surface area is 95.9 Å². The fourth-order valence-corrected chi connectivity index (χ4v) is 3.44. The normalized spacial score (nSPS) is 15.6. The highest BCUT2D eigenvalue weighted by Crippen LogP contribution is 2.34. The minimum atomic E-state index is 0.424. The Morgan fingerprint density at radius 1 is 1.53 bits per heavy atom. The van der Waals surface area contributed by atoms with Gasteiger partial charge in [-0.05, 0) is 44.9 Å². The second-order valence-electron chi connectivity index (χ2n) is 3.92. The fourth-order valence-electron chi connectivity index (χ4n) is 2.07. The highest BCUT2D eigenvalue weighted by molar-refractivity contribution is 7.12. The lowest BCUT2D eigenvalue weighted by Gasteiger charge is -2.10. The van der Waals surface area contributed by atoms with Gasteiger partial charge < -0.3 is 5.32 Å². The molecule has 2 rings (SSSR count). The molecule has 0 radical (unpaired) electrons. The minimum Gasteiger partial charge on any atom is -0.312 e. The highest BCUT2D eigenvalue weighted by atomic mass is 32.1. The molecule has 15 heavy (non-hydrogen) atoms. The number of hydrogen-bond acceptors (Lipinski definition) is 2. The van der Waals surface area contributed by atoms with Crippen molar-refractivity contribution in [3.63, 3.8) is 0 Å². The number of nitrogens with one attached hydrogen (secondary N) is 1. The van der Waals surface area contributed by atoms with Crippen LogP contribution in [0.25, 0.3) is 0 Å². The summed E-state index contributed by atoms with van der Waals surface area (Å²) < 4.78 is 0. The summed E-state index contributed by atoms with van der Waals surface area (Å²) in [7, 11) is 2.02. The van der Waals surface area contributed by atoms with Gasteiger partial charge in [-0.15, -0.1) is 23.2 Å². The summed E-state index contributed by atoms with van der Waals surface area (Å²) in [5.74, 6) is 6.12. The van der Waals surface area contributed by atoms with Crippen molar-refractivity contribution in [2.24, 2.45) is 0 Å². The average molecular weight is 219 g/mol. The van der Waals surface area contributed by atoms with E-state index in [1.54, 1.807) is 10.4 Å². The van der Waals surface area contributed by atoms with E-state index in [4.69, 9.17) is 0 Å². The minimum absolute atomic E-state index is 0.424. The first-order chi connectivity index (χ1) is 7.35. The summed E-state index contributed by atoms with van der Waals surface area (Å²) in [4.78, 5) is 3.07. The van der Waals surface area contributed by atoms with E-state index in [1.807, 2.05) is 25.3 Å². The van der Waals surface area contributed by atoms with E-state index in [0.717, 1.165) is 6.42 Å². The molecule has 0 spiro atoms. The Kier molecular flexibility index (Phi) is 3.45. The molecule has 0 saturated carbocycles. The third-order valence-corrected chi connectivity index (χ3v) is 4.29. The second kappa shape index (κ2) is 4.83. The van der Waals surface area contributed by atoms with Gasteiger partial charge in [0.15, 0.2) is 0 Å². The van der Waals surface area contributed by atoms with Crippen LogP contribution in [0.15, 0.2) is 6.07 Å². The highest BCUT2D eigenvalue weighted by Gasteiger charge is 2.18. The number of aryl methyl sites for hydroxylation is 2. The van der Waals surface area contributed by atoms with E-state index < -0.39 is 0 Å². The monoisotopic (exact) mass is 219 g/mol. The van der Waals surface area contributed by atoms with E-state index in [-0.39, 0.29) is 0 Å². The molecule has 0 bridgehead atoms. The quantitative estimate of drug-likeness (QED) is 0.771. The average Bonchev–Trinajstić information content (AvgIpc) is 2.79. The van der Waals surface area contributed by atoms with Crippen LogP contribution in [-0.4, -0.2) is 7.05 Å². The van der Waals surface area contributed by atoms with E-state index in [0.29, 0.717) is 6.04 Å². The number of fused-ring (bicyclic) bond motifs is 1. The lowest BCUT2D eigenvalue weighted by molar-refractivity contribution is 0.621. The molecule has 0 saturated heterocycles. The summed E-state index contributed by atoms with van der Waals surface area (Å²) in [5.41, 5.74) is 1.58. The summed E-state index contributed by atoms with van der Waals surface area (Å²) in [6.45, 7) is 1.90. The predicted octanol–water partition coefficient (Wildman–Crippen LogP) is 2.91. The van der Waals surface area contributed by atoms with Crippen LogP contribution in [0.5, 0.6) is 0 Å². The van der Waals surface area contributed by atoms with Gasteiger partial charge in [0.1, 0.15) is 0 Å². The van der Waals surface area contributed by atoms with Crippen LogP contribution >= 0.6 is 11.3 Å². The first-order valence-corrected chi connectivity index (χ1v) is 6.35. The Balaban J connectivity index is 2.14. The van der Waals surface area contributed by atoms with Crippen LogP contribution in [0, 0.1) is 11.8 Å². The molecule has 0 aliphatic heterocycles. The molecule has 2 heteroatoms. The standard InChI is InChI=1S/C13H17NS/c1-3-4-7-11(14-2)13-9-10-6-5-8-12(10)15-13/h9,11,14H,5-8H2,1-2H3. The lowest BCUT2D eigenvalue weighted by atomic mass is 10.1. The smallest absolute Gasteiger partial charge is 0.0523 e. The third-order valence-electron chi connectivity index (χ3n) is 2.94. The molecule has 0 amide bonds. The molecule has 0 aromatic carbocycles. The van der Waals surface area contributed by atoms with Crippen molar-refractivity contribution < 1.29 is 0 Å². The van der Waals surface area contributed by atoms with E-state index in [1.165, 1.54) is 24.1 Å². The maximum Gasteiger partial charge on any atom is 0.0523 e. The Morgan fingerprint density at radius 2 is 2.40 bits per heavy atom. The molecule has 1 heterocycles. The van der Waals surface area contributed by atoms with Crippen molar-refractivity contribution in [1.29, 1.82) is 0 Å². The van der Waals surface area contributed by atoms with Crippen LogP contribution in [0.1, 0.15) is 41.1 Å². The third kappa shape index (κ3) is 2.25. The van der Waals surface area contributed by atoms with E-state index >= 15 is 0 Å². The summed E-state index contributed by atoms with van der Waals surface area (Å²) >= 11 is 1.97. The van der Waals surface area contributed by atoms with Gasteiger partial charge in [-0.2, -0.15) is 0 Å². The van der Waals surface area contributed by atoms with Crippen molar-refractivity contribution >= 4 is 11.3 Å². The van der Waals surface area contributed by atoms with Gasteiger partial charge in [0.2, 0.25) is 0 Å². The fraction of sp³-hybridized carbons (Fsp3) is 0.538. The predicted molar refractivity (Wildman–Crippen MR) is 66.2 cm³/mol. The molecular weight excluding hydrogens is 202 g/mol. The van der Waals surface area contributed by atoms with Crippen molar-refractivity contribution in [3.8, 4) is 11.8 Å². The molecule has 1 aliphatic carbocycles. The first kappa shape index (κ1) is 10.7. The lowest BCUT2D eigenvalue weighted by Crippen LogP contribution is -2.14. The summed E-state index contributed by atoms with van der Waals surface area (Å²) in [6, 6.07) is 2.80. The molecular formula is C13H17NS. The van der Waals surface area contributed by atoms with Crippen molar-refractivity contribution in [3.05, 3.63) is 21.4 Å². The zero-order valence-corrected chi connectivity index (χ0v) is 10.2. The Hall–Kier alpha value is -0.780. The maximum absolute atomic E-state index is 3.35. The zero-order valence-electron chi connectivity index (χ0n) is 9.39. The van der Waals surface area contributed by atoms with Crippen LogP contribution < -0.4 is 5.32 Å². The molecule has 1 nitrogen and oxygen atoms in total. The molecule has 1 N–H and O–H groups in total. The van der Waals surface area contributed by atoms with Crippen LogP contribution in [0.2, 0.25) is 0 Å². The molecule has 1 aromatic heterocycles. The number of thiophene rings is 1. The molecule has 1 atom stereocenters. The molecule has 80 valence electrons. The second-order valence-corrected chi connectivity index (χ2v) is 5.09. The summed E-state index contributed by atoms with van der Waals surface area (Å²) in [6.07, 6.45) is 4.84. The molecule has 0 fully saturated rings. The maximum atomic E-state index is 3.35. The number of rotatable bonds is 3. The van der Waals surface area contributed by atoms with Gasteiger partial charge in [0.05, 0.1) is 6.04 Å². The van der Waals surface area contributed by atoms with Gasteiger partial charge in [0, 0.05) is 16.2 Å². The van der Waals surface area contributed by atoms with Crippen molar-refractivity contribution in [2.45, 2.75) is 38.6 Å². The molecule has 1 unspecified atom stereocenters. The van der Waals surface area contributed by atoms with Crippen molar-refractivity contribution in [1.82, 2.24) is 5.32 Å². The number of hydrogen-bond donors (Lipinski definition) is 1. The topological polar surface area (TPSA) is 12.0 Å². The van der Waals surface area contributed by atoms with Crippen LogP contribution in [0.4, 0.5) is 0 Å². The van der Waals surface area contributed by atoms with Crippen LogP contribution in [-0.2, 0) is 12.8 Å².